The van der Waals surface area contributed by atoms with Crippen molar-refractivity contribution in [2.24, 2.45) is 0 Å². The Morgan fingerprint density at radius 2 is 2.00 bits per heavy atom. The molecule has 16 heavy (non-hydrogen) atoms. The van der Waals surface area contributed by atoms with Gasteiger partial charge in [0.15, 0.2) is 11.5 Å². The fraction of sp³-hybridized carbons (Fsp3) is 0.500. The van der Waals surface area contributed by atoms with Gasteiger partial charge in [-0.2, -0.15) is 0 Å². The van der Waals surface area contributed by atoms with Gasteiger partial charge >= 0.3 is 0 Å². The lowest BCUT2D eigenvalue weighted by atomic mass is 10.2. The number of methoxy groups -OCH3 is 1. The van der Waals surface area contributed by atoms with E-state index in [0.29, 0.717) is 6.54 Å². The van der Waals surface area contributed by atoms with E-state index in [-0.39, 0.29) is 11.5 Å². The zero-order valence-corrected chi connectivity index (χ0v) is 9.57. The Balaban J connectivity index is 2.19. The van der Waals surface area contributed by atoms with E-state index in [0.717, 1.165) is 31.6 Å². The van der Waals surface area contributed by atoms with Crippen LogP contribution in [0.2, 0.25) is 0 Å². The smallest absolute Gasteiger partial charge is 0.157 e. The summed E-state index contributed by atoms with van der Waals surface area (Å²) in [4.78, 5) is 0. The SMILES string of the molecule is COCCCCNCc1ccc(O)c(O)c1. The molecule has 0 saturated carbocycles. The molecular weight excluding hydrogens is 206 g/mol. The van der Waals surface area contributed by atoms with Crippen molar-refractivity contribution in [2.75, 3.05) is 20.3 Å². The second-order valence-corrected chi connectivity index (χ2v) is 3.70. The van der Waals surface area contributed by atoms with Crippen molar-refractivity contribution in [3.05, 3.63) is 23.8 Å². The van der Waals surface area contributed by atoms with Gasteiger partial charge in [-0.1, -0.05) is 6.07 Å². The number of rotatable bonds is 7. The predicted octanol–water partition coefficient (Wildman–Crippen LogP) is 1.61. The van der Waals surface area contributed by atoms with Crippen LogP contribution in [0.1, 0.15) is 18.4 Å². The van der Waals surface area contributed by atoms with Crippen molar-refractivity contribution in [2.45, 2.75) is 19.4 Å². The predicted molar refractivity (Wildman–Crippen MR) is 62.6 cm³/mol. The Hall–Kier alpha value is -1.26. The number of phenolic OH excluding ortho intramolecular Hbond substituents is 2. The van der Waals surface area contributed by atoms with Gasteiger partial charge in [-0.05, 0) is 37.1 Å². The first-order valence-electron chi connectivity index (χ1n) is 5.44. The molecule has 0 saturated heterocycles. The van der Waals surface area contributed by atoms with Crippen molar-refractivity contribution in [3.8, 4) is 11.5 Å². The van der Waals surface area contributed by atoms with Crippen LogP contribution in [0.15, 0.2) is 18.2 Å². The third kappa shape index (κ3) is 4.51. The third-order valence-corrected chi connectivity index (χ3v) is 2.32. The molecule has 4 nitrogen and oxygen atoms in total. The molecule has 1 aromatic carbocycles. The minimum Gasteiger partial charge on any atom is -0.504 e. The molecule has 0 aromatic heterocycles. The molecule has 0 spiro atoms. The Morgan fingerprint density at radius 3 is 2.69 bits per heavy atom. The quantitative estimate of drug-likeness (QED) is 0.487. The van der Waals surface area contributed by atoms with Crippen LogP contribution in [0.25, 0.3) is 0 Å². The molecule has 0 amide bonds. The van der Waals surface area contributed by atoms with E-state index in [1.165, 1.54) is 6.07 Å². The van der Waals surface area contributed by atoms with Crippen LogP contribution in [-0.2, 0) is 11.3 Å². The molecule has 0 aliphatic rings. The Bertz CT molecular complexity index is 315. The molecule has 3 N–H and O–H groups in total. The van der Waals surface area contributed by atoms with Crippen LogP contribution in [0.4, 0.5) is 0 Å². The van der Waals surface area contributed by atoms with Gasteiger partial charge in [-0.3, -0.25) is 0 Å². The molecule has 0 fully saturated rings. The summed E-state index contributed by atoms with van der Waals surface area (Å²) in [6.07, 6.45) is 2.11. The molecule has 0 heterocycles. The summed E-state index contributed by atoms with van der Waals surface area (Å²) in [6, 6.07) is 4.85. The maximum absolute atomic E-state index is 9.28. The second-order valence-electron chi connectivity index (χ2n) is 3.70. The van der Waals surface area contributed by atoms with E-state index in [9.17, 15) is 5.11 Å². The highest BCUT2D eigenvalue weighted by molar-refractivity contribution is 5.40. The summed E-state index contributed by atoms with van der Waals surface area (Å²) < 4.78 is 4.95. The lowest BCUT2D eigenvalue weighted by molar-refractivity contribution is 0.192. The van der Waals surface area contributed by atoms with E-state index >= 15 is 0 Å². The van der Waals surface area contributed by atoms with E-state index in [2.05, 4.69) is 5.32 Å². The molecule has 0 atom stereocenters. The van der Waals surface area contributed by atoms with Gasteiger partial charge < -0.3 is 20.3 Å². The van der Waals surface area contributed by atoms with Gasteiger partial charge in [-0.15, -0.1) is 0 Å². The van der Waals surface area contributed by atoms with Crippen LogP contribution in [0.3, 0.4) is 0 Å². The molecule has 0 radical (unpaired) electrons. The lowest BCUT2D eigenvalue weighted by Crippen LogP contribution is -2.15. The van der Waals surface area contributed by atoms with Crippen LogP contribution in [-0.4, -0.2) is 30.5 Å². The summed E-state index contributed by atoms with van der Waals surface area (Å²) in [5.41, 5.74) is 0.960. The largest absolute Gasteiger partial charge is 0.504 e. The first-order valence-corrected chi connectivity index (χ1v) is 5.44. The first-order chi connectivity index (χ1) is 7.74. The number of phenols is 2. The number of benzene rings is 1. The van der Waals surface area contributed by atoms with Crippen LogP contribution in [0, 0.1) is 0 Å². The highest BCUT2D eigenvalue weighted by Crippen LogP contribution is 2.24. The summed E-state index contributed by atoms with van der Waals surface area (Å²) in [5.74, 6) is -0.150. The molecule has 0 aliphatic heterocycles. The van der Waals surface area contributed by atoms with Crippen molar-refractivity contribution in [1.82, 2.24) is 5.32 Å². The molecular formula is C12H19NO3. The van der Waals surface area contributed by atoms with Crippen molar-refractivity contribution in [3.63, 3.8) is 0 Å². The van der Waals surface area contributed by atoms with Gasteiger partial charge in [-0.25, -0.2) is 0 Å². The summed E-state index contributed by atoms with van der Waals surface area (Å²) in [7, 11) is 1.70. The number of aromatic hydroxyl groups is 2. The monoisotopic (exact) mass is 225 g/mol. The molecule has 4 heteroatoms. The minimum atomic E-state index is -0.0798. The lowest BCUT2D eigenvalue weighted by Gasteiger charge is -2.06. The molecule has 0 aliphatic carbocycles. The summed E-state index contributed by atoms with van der Waals surface area (Å²) in [6.45, 7) is 2.41. The number of hydrogen-bond acceptors (Lipinski definition) is 4. The fourth-order valence-corrected chi connectivity index (χ4v) is 1.41. The van der Waals surface area contributed by atoms with Gasteiger partial charge in [0.2, 0.25) is 0 Å². The highest BCUT2D eigenvalue weighted by Gasteiger charge is 1.99. The number of unbranched alkanes of at least 4 members (excludes halogenated alkanes) is 1. The molecule has 0 unspecified atom stereocenters. The highest BCUT2D eigenvalue weighted by atomic mass is 16.5. The first kappa shape index (κ1) is 12.8. The number of ether oxygens (including phenoxy) is 1. The van der Waals surface area contributed by atoms with Gasteiger partial charge in [0.05, 0.1) is 0 Å². The molecule has 0 bridgehead atoms. The average Bonchev–Trinajstić information content (AvgIpc) is 2.28. The fourth-order valence-electron chi connectivity index (χ4n) is 1.41. The summed E-state index contributed by atoms with van der Waals surface area (Å²) in [5, 5.41) is 21.7. The maximum Gasteiger partial charge on any atom is 0.157 e. The number of nitrogens with one attached hydrogen (secondary N) is 1. The maximum atomic E-state index is 9.28. The van der Waals surface area contributed by atoms with Crippen molar-refractivity contribution in [1.29, 1.82) is 0 Å². The number of hydrogen-bond donors (Lipinski definition) is 3. The standard InChI is InChI=1S/C12H19NO3/c1-16-7-3-2-6-13-9-10-4-5-11(14)12(15)8-10/h4-5,8,13-15H,2-3,6-7,9H2,1H3. The summed E-state index contributed by atoms with van der Waals surface area (Å²) >= 11 is 0. The van der Waals surface area contributed by atoms with Crippen LogP contribution in [0.5, 0.6) is 11.5 Å². The van der Waals surface area contributed by atoms with E-state index in [1.54, 1.807) is 19.2 Å². The van der Waals surface area contributed by atoms with E-state index < -0.39 is 0 Å². The van der Waals surface area contributed by atoms with Crippen molar-refractivity contribution >= 4 is 0 Å². The zero-order valence-electron chi connectivity index (χ0n) is 9.57. The Labute approximate surface area is 95.9 Å². The van der Waals surface area contributed by atoms with Crippen molar-refractivity contribution < 1.29 is 14.9 Å². The average molecular weight is 225 g/mol. The van der Waals surface area contributed by atoms with Crippen LogP contribution >= 0.6 is 0 Å². The topological polar surface area (TPSA) is 61.7 Å². The van der Waals surface area contributed by atoms with Gasteiger partial charge in [0.25, 0.3) is 0 Å². The zero-order chi connectivity index (χ0) is 11.8. The normalized spacial score (nSPS) is 10.6. The minimum absolute atomic E-state index is 0.0707. The van der Waals surface area contributed by atoms with Gasteiger partial charge in [0, 0.05) is 20.3 Å². The van der Waals surface area contributed by atoms with E-state index in [1.807, 2.05) is 0 Å². The Morgan fingerprint density at radius 1 is 1.19 bits per heavy atom. The third-order valence-electron chi connectivity index (χ3n) is 2.32. The molecule has 90 valence electrons. The molecule has 1 aromatic rings. The van der Waals surface area contributed by atoms with E-state index in [4.69, 9.17) is 9.84 Å². The van der Waals surface area contributed by atoms with Crippen LogP contribution < -0.4 is 5.32 Å². The molecule has 1 rings (SSSR count). The van der Waals surface area contributed by atoms with Gasteiger partial charge in [0.1, 0.15) is 0 Å². The second kappa shape index (κ2) is 7.09. The Kier molecular flexibility index (Phi) is 5.67.